The number of rotatable bonds is 1. The van der Waals surface area contributed by atoms with Gasteiger partial charge >= 0.3 is 0 Å². The zero-order valence-electron chi connectivity index (χ0n) is 11.8. The Labute approximate surface area is 119 Å². The van der Waals surface area contributed by atoms with E-state index in [9.17, 15) is 4.79 Å². The summed E-state index contributed by atoms with van der Waals surface area (Å²) < 4.78 is 0. The maximum atomic E-state index is 12.7. The average molecular weight is 266 g/mol. The largest absolute Gasteiger partial charge is 0.328 e. The quantitative estimate of drug-likeness (QED) is 0.794. The molecule has 1 aliphatic heterocycles. The summed E-state index contributed by atoms with van der Waals surface area (Å²) in [5, 5.41) is 0. The number of amides is 1. The molecule has 0 fully saturated rings. The van der Waals surface area contributed by atoms with Crippen LogP contribution in [-0.4, -0.2) is 21.3 Å². The fraction of sp³-hybridized carbons (Fsp3) is 0.294. The third-order valence-electron chi connectivity index (χ3n) is 3.93. The zero-order valence-corrected chi connectivity index (χ0v) is 11.8. The summed E-state index contributed by atoms with van der Waals surface area (Å²) in [6.07, 6.45) is 2.54. The van der Waals surface area contributed by atoms with Crippen molar-refractivity contribution in [2.45, 2.75) is 32.4 Å². The summed E-state index contributed by atoms with van der Waals surface area (Å²) in [6.45, 7) is 4.88. The summed E-state index contributed by atoms with van der Waals surface area (Å²) in [6, 6.07) is 13.8. The van der Waals surface area contributed by atoms with Crippen LogP contribution in [0.2, 0.25) is 0 Å². The van der Waals surface area contributed by atoms with Gasteiger partial charge in [0.05, 0.1) is 0 Å². The molecule has 0 aliphatic carbocycles. The van der Waals surface area contributed by atoms with Gasteiger partial charge in [0.1, 0.15) is 5.69 Å². The van der Waals surface area contributed by atoms with Crippen molar-refractivity contribution in [3.05, 3.63) is 65.5 Å². The Bertz CT molecular complexity index is 634. The molecule has 3 rings (SSSR count). The molecule has 1 aromatic heterocycles. The number of benzene rings is 1. The van der Waals surface area contributed by atoms with E-state index in [1.165, 1.54) is 11.1 Å². The van der Waals surface area contributed by atoms with Gasteiger partial charge in [-0.05, 0) is 43.5 Å². The maximum Gasteiger partial charge on any atom is 0.273 e. The third-order valence-corrected chi connectivity index (χ3v) is 3.93. The van der Waals surface area contributed by atoms with Gasteiger partial charge in [0.25, 0.3) is 5.91 Å². The van der Waals surface area contributed by atoms with Crippen LogP contribution >= 0.6 is 0 Å². The zero-order chi connectivity index (χ0) is 14.2. The monoisotopic (exact) mass is 266 g/mol. The Morgan fingerprint density at radius 2 is 1.80 bits per heavy atom. The highest BCUT2D eigenvalue weighted by Crippen LogP contribution is 2.31. The van der Waals surface area contributed by atoms with Crippen LogP contribution in [0, 0.1) is 0 Å². The minimum atomic E-state index is -0.192. The number of hydrogen-bond donors (Lipinski definition) is 0. The lowest BCUT2D eigenvalue weighted by molar-refractivity contribution is 0.0482. The first kappa shape index (κ1) is 12.9. The summed E-state index contributed by atoms with van der Waals surface area (Å²) in [4.78, 5) is 18.8. The van der Waals surface area contributed by atoms with Gasteiger partial charge < -0.3 is 4.90 Å². The van der Waals surface area contributed by atoms with Crippen molar-refractivity contribution in [2.75, 3.05) is 0 Å². The van der Waals surface area contributed by atoms with E-state index in [4.69, 9.17) is 0 Å². The van der Waals surface area contributed by atoms with Crippen molar-refractivity contribution in [2.24, 2.45) is 0 Å². The second-order valence-electron chi connectivity index (χ2n) is 5.86. The minimum absolute atomic E-state index is 0.00473. The van der Waals surface area contributed by atoms with E-state index in [-0.39, 0.29) is 11.4 Å². The molecule has 2 heterocycles. The topological polar surface area (TPSA) is 33.2 Å². The predicted octanol–water partition coefficient (Wildman–Crippen LogP) is 3.06. The summed E-state index contributed by atoms with van der Waals surface area (Å²) >= 11 is 0. The summed E-state index contributed by atoms with van der Waals surface area (Å²) in [7, 11) is 0. The number of carbonyl (C=O) groups excluding carboxylic acids is 1. The van der Waals surface area contributed by atoms with E-state index in [2.05, 4.69) is 37.0 Å². The fourth-order valence-electron chi connectivity index (χ4n) is 2.80. The first-order valence-corrected chi connectivity index (χ1v) is 6.88. The first-order valence-electron chi connectivity index (χ1n) is 6.88. The molecule has 1 aromatic carbocycles. The van der Waals surface area contributed by atoms with Crippen molar-refractivity contribution in [1.82, 2.24) is 9.88 Å². The van der Waals surface area contributed by atoms with Gasteiger partial charge in [-0.1, -0.05) is 30.3 Å². The second-order valence-corrected chi connectivity index (χ2v) is 5.86. The van der Waals surface area contributed by atoms with E-state index >= 15 is 0 Å². The molecular weight excluding hydrogens is 248 g/mol. The molecule has 102 valence electrons. The molecule has 0 N–H and O–H groups in total. The Balaban J connectivity index is 1.96. The number of carbonyl (C=O) groups is 1. The lowest BCUT2D eigenvalue weighted by Crippen LogP contribution is -2.51. The van der Waals surface area contributed by atoms with Crippen LogP contribution < -0.4 is 0 Å². The van der Waals surface area contributed by atoms with Crippen LogP contribution in [0.5, 0.6) is 0 Å². The van der Waals surface area contributed by atoms with Crippen LogP contribution in [0.25, 0.3) is 0 Å². The van der Waals surface area contributed by atoms with Crippen LogP contribution in [0.15, 0.2) is 48.7 Å². The molecule has 3 nitrogen and oxygen atoms in total. The Kier molecular flexibility index (Phi) is 3.05. The number of nitrogens with zero attached hydrogens (tertiary/aromatic N) is 2. The smallest absolute Gasteiger partial charge is 0.273 e. The fourth-order valence-corrected chi connectivity index (χ4v) is 2.80. The van der Waals surface area contributed by atoms with Gasteiger partial charge in [-0.15, -0.1) is 0 Å². The molecule has 0 radical (unpaired) electrons. The minimum Gasteiger partial charge on any atom is -0.328 e. The first-order chi connectivity index (χ1) is 9.58. The molecule has 0 saturated heterocycles. The number of hydrogen-bond acceptors (Lipinski definition) is 2. The summed E-state index contributed by atoms with van der Waals surface area (Å²) in [5.74, 6) is 0.00473. The predicted molar refractivity (Wildman–Crippen MR) is 78.3 cm³/mol. The molecule has 0 bridgehead atoms. The highest BCUT2D eigenvalue weighted by molar-refractivity contribution is 5.93. The van der Waals surface area contributed by atoms with Crippen LogP contribution in [-0.2, 0) is 13.0 Å². The molecular formula is C17H18N2O. The molecule has 0 atom stereocenters. The van der Waals surface area contributed by atoms with Crippen molar-refractivity contribution in [3.8, 4) is 0 Å². The maximum absolute atomic E-state index is 12.7. The molecule has 1 amide bonds. The number of fused-ring (bicyclic) bond motifs is 1. The van der Waals surface area contributed by atoms with E-state index in [1.807, 2.05) is 23.1 Å². The number of aromatic nitrogens is 1. The van der Waals surface area contributed by atoms with Gasteiger partial charge in [0.2, 0.25) is 0 Å². The SMILES string of the molecule is CC1(C)Cc2ccccc2CN1C(=O)c1ccccn1. The van der Waals surface area contributed by atoms with Gasteiger partial charge in [-0.25, -0.2) is 0 Å². The Morgan fingerprint density at radius 1 is 1.10 bits per heavy atom. The lowest BCUT2D eigenvalue weighted by Gasteiger charge is -2.43. The van der Waals surface area contributed by atoms with Crippen LogP contribution in [0.3, 0.4) is 0 Å². The molecule has 3 heteroatoms. The molecule has 0 saturated carbocycles. The van der Waals surface area contributed by atoms with Crippen molar-refractivity contribution >= 4 is 5.91 Å². The molecule has 0 spiro atoms. The molecule has 1 aliphatic rings. The van der Waals surface area contributed by atoms with Crippen molar-refractivity contribution < 1.29 is 4.79 Å². The summed E-state index contributed by atoms with van der Waals surface area (Å²) in [5.41, 5.74) is 2.89. The van der Waals surface area contributed by atoms with E-state index < -0.39 is 0 Å². The van der Waals surface area contributed by atoms with Crippen molar-refractivity contribution in [1.29, 1.82) is 0 Å². The average Bonchev–Trinajstić information content (AvgIpc) is 2.46. The van der Waals surface area contributed by atoms with Gasteiger partial charge in [-0.2, -0.15) is 0 Å². The molecule has 0 unspecified atom stereocenters. The lowest BCUT2D eigenvalue weighted by atomic mass is 9.85. The Morgan fingerprint density at radius 3 is 2.50 bits per heavy atom. The van der Waals surface area contributed by atoms with E-state index in [1.54, 1.807) is 12.3 Å². The van der Waals surface area contributed by atoms with Gasteiger partial charge in [-0.3, -0.25) is 9.78 Å². The van der Waals surface area contributed by atoms with E-state index in [0.29, 0.717) is 12.2 Å². The normalized spacial score (nSPS) is 16.6. The Hall–Kier alpha value is -2.16. The third kappa shape index (κ3) is 2.20. The van der Waals surface area contributed by atoms with E-state index in [0.717, 1.165) is 6.42 Å². The van der Waals surface area contributed by atoms with Gasteiger partial charge in [0, 0.05) is 18.3 Å². The molecule has 2 aromatic rings. The van der Waals surface area contributed by atoms with Crippen molar-refractivity contribution in [3.63, 3.8) is 0 Å². The molecule has 20 heavy (non-hydrogen) atoms. The highest BCUT2D eigenvalue weighted by atomic mass is 16.2. The van der Waals surface area contributed by atoms with Crippen LogP contribution in [0.4, 0.5) is 0 Å². The van der Waals surface area contributed by atoms with Gasteiger partial charge in [0.15, 0.2) is 0 Å². The second kappa shape index (κ2) is 4.75. The number of pyridine rings is 1. The standard InChI is InChI=1S/C17H18N2O/c1-17(2)11-13-7-3-4-8-14(13)12-19(17)16(20)15-9-5-6-10-18-15/h3-10H,11-12H2,1-2H3. The van der Waals surface area contributed by atoms with Crippen LogP contribution in [0.1, 0.15) is 35.5 Å². The highest BCUT2D eigenvalue weighted by Gasteiger charge is 2.36.